The fourth-order valence-electron chi connectivity index (χ4n) is 3.68. The molecule has 2 rings (SSSR count). The molecule has 0 bridgehead atoms. The van der Waals surface area contributed by atoms with Crippen molar-refractivity contribution in [1.82, 2.24) is 0 Å². The smallest absolute Gasteiger partial charge is 0.340 e. The molecule has 0 spiro atoms. The first-order valence-corrected chi connectivity index (χ1v) is 15.4. The maximum absolute atomic E-state index is 13.3. The molecule has 0 aliphatic carbocycles. The summed E-state index contributed by atoms with van der Waals surface area (Å²) in [4.78, 5) is 13.3. The van der Waals surface area contributed by atoms with Crippen LogP contribution in [0, 0.1) is 6.92 Å². The highest BCUT2D eigenvalue weighted by atomic mass is 28.4. The zero-order valence-electron chi connectivity index (χ0n) is 22.4. The maximum atomic E-state index is 13.3. The van der Waals surface area contributed by atoms with Crippen LogP contribution in [0.25, 0.3) is 0 Å². The van der Waals surface area contributed by atoms with E-state index in [9.17, 15) is 4.79 Å². The number of aryl methyl sites for hydroxylation is 1. The van der Waals surface area contributed by atoms with Crippen molar-refractivity contribution >= 4 is 14.3 Å². The zero-order valence-corrected chi connectivity index (χ0v) is 23.4. The minimum absolute atomic E-state index is 0.131. The van der Waals surface area contributed by atoms with Gasteiger partial charge < -0.3 is 13.9 Å². The second-order valence-electron chi connectivity index (χ2n) is 10.7. The second-order valence-corrected chi connectivity index (χ2v) is 15.5. The lowest BCUT2D eigenvalue weighted by molar-refractivity contribution is -0.162. The molecule has 4 nitrogen and oxygen atoms in total. The van der Waals surface area contributed by atoms with Crippen molar-refractivity contribution in [3.63, 3.8) is 0 Å². The van der Waals surface area contributed by atoms with Gasteiger partial charge in [-0.2, -0.15) is 0 Å². The van der Waals surface area contributed by atoms with E-state index in [1.807, 2.05) is 30.3 Å². The number of esters is 1. The van der Waals surface area contributed by atoms with Crippen LogP contribution < -0.4 is 0 Å². The van der Waals surface area contributed by atoms with Gasteiger partial charge in [0.2, 0.25) is 0 Å². The predicted octanol–water partition coefficient (Wildman–Crippen LogP) is 8.07. The quantitative estimate of drug-likeness (QED) is 0.174. The van der Waals surface area contributed by atoms with Crippen LogP contribution in [0.15, 0.2) is 48.5 Å². The molecular formula is C29H44O4Si. The molecule has 0 saturated heterocycles. The van der Waals surface area contributed by atoms with E-state index in [-0.39, 0.29) is 17.1 Å². The predicted molar refractivity (Wildman–Crippen MR) is 142 cm³/mol. The Morgan fingerprint density at radius 3 is 2.29 bits per heavy atom. The second kappa shape index (κ2) is 12.7. The van der Waals surface area contributed by atoms with Crippen molar-refractivity contribution in [2.75, 3.05) is 7.11 Å². The lowest BCUT2D eigenvalue weighted by atomic mass is 9.96. The number of benzene rings is 2. The van der Waals surface area contributed by atoms with Gasteiger partial charge in [0.25, 0.3) is 0 Å². The van der Waals surface area contributed by atoms with Gasteiger partial charge in [-0.05, 0) is 54.6 Å². The molecule has 0 radical (unpaired) electrons. The molecule has 0 aliphatic rings. The lowest BCUT2D eigenvalue weighted by Crippen LogP contribution is -2.40. The van der Waals surface area contributed by atoms with E-state index in [1.165, 1.54) is 0 Å². The van der Waals surface area contributed by atoms with Crippen LogP contribution in [0.5, 0.6) is 0 Å². The molecule has 2 aromatic rings. The summed E-state index contributed by atoms with van der Waals surface area (Å²) in [5.41, 5.74) is 4.09. The largest absolute Gasteiger partial charge is 0.455 e. The molecular weight excluding hydrogens is 440 g/mol. The summed E-state index contributed by atoms with van der Waals surface area (Å²) in [6.07, 6.45) is 2.91. The van der Waals surface area contributed by atoms with E-state index in [0.29, 0.717) is 6.61 Å². The fourth-order valence-corrected chi connectivity index (χ4v) is 4.63. The van der Waals surface area contributed by atoms with E-state index >= 15 is 0 Å². The molecule has 0 saturated carbocycles. The van der Waals surface area contributed by atoms with Crippen LogP contribution in [0.1, 0.15) is 87.8 Å². The molecule has 2 aromatic carbocycles. The number of rotatable bonds is 12. The highest BCUT2D eigenvalue weighted by Crippen LogP contribution is 2.38. The Bertz CT molecular complexity index is 902. The van der Waals surface area contributed by atoms with Crippen LogP contribution in [-0.4, -0.2) is 21.4 Å². The van der Waals surface area contributed by atoms with Gasteiger partial charge in [0.15, 0.2) is 14.4 Å². The van der Waals surface area contributed by atoms with Gasteiger partial charge in [0.1, 0.15) is 6.10 Å². The highest BCUT2D eigenvalue weighted by molar-refractivity contribution is 6.74. The first-order chi connectivity index (χ1) is 16.0. The molecule has 2 atom stereocenters. The molecule has 34 heavy (non-hydrogen) atoms. The Morgan fingerprint density at radius 2 is 1.71 bits per heavy atom. The van der Waals surface area contributed by atoms with Crippen molar-refractivity contribution in [2.45, 2.75) is 97.2 Å². The van der Waals surface area contributed by atoms with Crippen LogP contribution >= 0.6 is 0 Å². The van der Waals surface area contributed by atoms with Crippen molar-refractivity contribution in [2.24, 2.45) is 0 Å². The van der Waals surface area contributed by atoms with Crippen molar-refractivity contribution in [3.8, 4) is 0 Å². The third kappa shape index (κ3) is 7.79. The minimum Gasteiger partial charge on any atom is -0.455 e. The Labute approximate surface area is 208 Å². The van der Waals surface area contributed by atoms with Crippen molar-refractivity contribution in [1.29, 1.82) is 0 Å². The molecule has 188 valence electrons. The maximum Gasteiger partial charge on any atom is 0.340 e. The Balaban J connectivity index is 2.34. The standard InChI is InChI=1S/C29H44O4Si/c1-9-10-12-17-26(33-28(30)27(31-6)23-15-13-11-14-16-23)25-20-22(2)18-19-24(25)21-32-34(7,8)29(3,4)5/h11,13-16,18-20,26-27H,9-10,12,17,21H2,1-8H3/t26?,27-/m0/s1. The zero-order chi connectivity index (χ0) is 25.4. The third-order valence-corrected chi connectivity index (χ3v) is 11.4. The molecule has 0 aliphatic heterocycles. The Morgan fingerprint density at radius 1 is 1.03 bits per heavy atom. The fraction of sp³-hybridized carbons (Fsp3) is 0.552. The lowest BCUT2D eigenvalue weighted by Gasteiger charge is -2.36. The summed E-state index contributed by atoms with van der Waals surface area (Å²) in [6.45, 7) is 16.1. The summed E-state index contributed by atoms with van der Waals surface area (Å²) in [6, 6.07) is 15.9. The van der Waals surface area contributed by atoms with Gasteiger partial charge in [-0.15, -0.1) is 0 Å². The number of carbonyl (C=O) groups excluding carboxylic acids is 1. The number of carbonyl (C=O) groups is 1. The van der Waals surface area contributed by atoms with Gasteiger partial charge >= 0.3 is 5.97 Å². The summed E-state index contributed by atoms with van der Waals surface area (Å²) >= 11 is 0. The van der Waals surface area contributed by atoms with Gasteiger partial charge in [-0.25, -0.2) is 4.79 Å². The van der Waals surface area contributed by atoms with Crippen LogP contribution in [0.3, 0.4) is 0 Å². The number of methoxy groups -OCH3 is 1. The molecule has 5 heteroatoms. The molecule has 1 unspecified atom stereocenters. The Hall–Kier alpha value is -1.95. The van der Waals surface area contributed by atoms with E-state index < -0.39 is 14.4 Å². The van der Waals surface area contributed by atoms with Crippen molar-refractivity contribution < 1.29 is 18.7 Å². The Kier molecular flexibility index (Phi) is 10.5. The summed E-state index contributed by atoms with van der Waals surface area (Å²) < 4.78 is 18.3. The molecule has 0 aromatic heterocycles. The summed E-state index contributed by atoms with van der Waals surface area (Å²) in [5, 5.41) is 0.131. The summed E-state index contributed by atoms with van der Waals surface area (Å²) in [5.74, 6) is -0.354. The van der Waals surface area contributed by atoms with E-state index in [4.69, 9.17) is 13.9 Å². The minimum atomic E-state index is -1.92. The van der Waals surface area contributed by atoms with Gasteiger partial charge in [-0.1, -0.05) is 94.6 Å². The SMILES string of the molecule is CCCCCC(OC(=O)[C@@H](OC)c1ccccc1)c1cc(C)ccc1CO[Si](C)(C)C(C)(C)C. The van der Waals surface area contributed by atoms with E-state index in [0.717, 1.165) is 47.9 Å². The van der Waals surface area contributed by atoms with Crippen LogP contribution in [0.2, 0.25) is 18.1 Å². The first kappa shape index (κ1) is 28.3. The third-order valence-electron chi connectivity index (χ3n) is 6.92. The number of unbranched alkanes of at least 4 members (excludes halogenated alkanes) is 2. The molecule has 0 heterocycles. The van der Waals surface area contributed by atoms with Crippen LogP contribution in [0.4, 0.5) is 0 Å². The average Bonchev–Trinajstić information content (AvgIpc) is 2.78. The average molecular weight is 485 g/mol. The molecule has 0 N–H and O–H groups in total. The van der Waals surface area contributed by atoms with E-state index in [1.54, 1.807) is 7.11 Å². The molecule has 0 amide bonds. The van der Waals surface area contributed by atoms with Gasteiger partial charge in [0.05, 0.1) is 6.61 Å². The topological polar surface area (TPSA) is 44.8 Å². The number of hydrogen-bond donors (Lipinski definition) is 0. The normalized spacial score (nSPS) is 14.0. The first-order valence-electron chi connectivity index (χ1n) is 12.5. The van der Waals surface area contributed by atoms with Crippen molar-refractivity contribution in [3.05, 3.63) is 70.8 Å². The summed E-state index contributed by atoms with van der Waals surface area (Å²) in [7, 11) is -0.366. The van der Waals surface area contributed by atoms with Gasteiger partial charge in [-0.3, -0.25) is 0 Å². The number of ether oxygens (including phenoxy) is 2. The molecule has 0 fully saturated rings. The van der Waals surface area contributed by atoms with Gasteiger partial charge in [0, 0.05) is 7.11 Å². The monoisotopic (exact) mass is 484 g/mol. The van der Waals surface area contributed by atoms with E-state index in [2.05, 4.69) is 65.9 Å². The van der Waals surface area contributed by atoms with Crippen LogP contribution in [-0.2, 0) is 25.3 Å². The number of hydrogen-bond acceptors (Lipinski definition) is 4. The highest BCUT2D eigenvalue weighted by Gasteiger charge is 2.37.